The third-order valence-electron chi connectivity index (χ3n) is 14.0. The van der Waals surface area contributed by atoms with Crippen LogP contribution in [0.4, 0.5) is 0 Å². The molecule has 1 unspecified atom stereocenters. The summed E-state index contributed by atoms with van der Waals surface area (Å²) in [4.78, 5) is 74.4. The number of nitrogens with one attached hydrogen (secondary N) is 1. The van der Waals surface area contributed by atoms with Crippen LogP contribution < -0.4 is 10.1 Å². The fraction of sp³-hybridized carbons (Fsp3) is 0.479. The number of imide groups is 2. The standard InChI is InChI=1S/C48H50N6O6/c1-6-30-18-34(22-50-38(30)21-49)60-46-47(2,3)45(48(46,4)5)53-26-33-17-28(13-14-35(33)42(53)57)10-7-27-8-11-29(12-9-27)23-52-24-31-19-36-37(20-32(31)25-52)44(59)54(43(36)58)39-15-16-40(55)51-41(39)56/h13-14,17-20,22,27,29,39,45-46H,6,8-9,11-12,15-16,23-26H2,1-5H3,(H,51,55,56). The summed E-state index contributed by atoms with van der Waals surface area (Å²) >= 11 is 0. The Labute approximate surface area is 350 Å². The highest BCUT2D eigenvalue weighted by Gasteiger charge is 2.67. The number of rotatable bonds is 7. The van der Waals surface area contributed by atoms with Gasteiger partial charge in [0.15, 0.2) is 0 Å². The van der Waals surface area contributed by atoms with E-state index in [1.54, 1.807) is 6.20 Å². The van der Waals surface area contributed by atoms with E-state index >= 15 is 0 Å². The molecule has 3 aromatic rings. The van der Waals surface area contributed by atoms with Crippen molar-refractivity contribution >= 4 is 29.5 Å². The molecule has 5 amide bonds. The number of aryl methyl sites for hydroxylation is 1. The maximum Gasteiger partial charge on any atom is 0.262 e. The largest absolute Gasteiger partial charge is 0.488 e. The number of nitriles is 1. The van der Waals surface area contributed by atoms with Crippen LogP contribution in [0.5, 0.6) is 5.75 Å². The highest BCUT2D eigenvalue weighted by Crippen LogP contribution is 2.59. The molecule has 1 aromatic heterocycles. The fourth-order valence-electron chi connectivity index (χ4n) is 11.5. The molecular weight excluding hydrogens is 757 g/mol. The van der Waals surface area contributed by atoms with E-state index in [0.29, 0.717) is 60.5 Å². The summed E-state index contributed by atoms with van der Waals surface area (Å²) in [6, 6.07) is 12.7. The first kappa shape index (κ1) is 39.6. The minimum atomic E-state index is -0.962. The van der Waals surface area contributed by atoms with Crippen LogP contribution in [0.2, 0.25) is 0 Å². The summed E-state index contributed by atoms with van der Waals surface area (Å²) in [7, 11) is 0. The van der Waals surface area contributed by atoms with E-state index in [0.717, 1.165) is 70.5 Å². The molecule has 2 aromatic carbocycles. The van der Waals surface area contributed by atoms with E-state index in [2.05, 4.69) is 66.9 Å². The SMILES string of the molecule is CCc1cc(OC2C(C)(C)C(N3Cc4cc(C#CC5CCC(CN6Cc7cc8c(cc7C6)C(=O)N(C6CCC(=O)NC6=O)C8=O)CC5)ccc4C3=O)C2(C)C)cnc1C#N. The second-order valence-corrected chi connectivity index (χ2v) is 18.8. The molecule has 12 heteroatoms. The van der Waals surface area contributed by atoms with E-state index in [1.165, 1.54) is 0 Å². The van der Waals surface area contributed by atoms with Crippen molar-refractivity contribution in [3.05, 3.63) is 92.8 Å². The Morgan fingerprint density at radius 1 is 0.833 bits per heavy atom. The van der Waals surface area contributed by atoms with Crippen LogP contribution in [-0.4, -0.2) is 74.0 Å². The first-order valence-corrected chi connectivity index (χ1v) is 21.3. The van der Waals surface area contributed by atoms with Gasteiger partial charge in [0, 0.05) is 66.5 Å². The van der Waals surface area contributed by atoms with Crippen LogP contribution in [0.1, 0.15) is 138 Å². The quantitative estimate of drug-likeness (QED) is 0.226. The summed E-state index contributed by atoms with van der Waals surface area (Å²) in [6.07, 6.45) is 6.60. The van der Waals surface area contributed by atoms with E-state index in [4.69, 9.17) is 4.74 Å². The van der Waals surface area contributed by atoms with Gasteiger partial charge < -0.3 is 9.64 Å². The van der Waals surface area contributed by atoms with Crippen LogP contribution in [0.3, 0.4) is 0 Å². The van der Waals surface area contributed by atoms with E-state index in [-0.39, 0.29) is 47.6 Å². The van der Waals surface area contributed by atoms with Gasteiger partial charge in [0.25, 0.3) is 17.7 Å². The van der Waals surface area contributed by atoms with Crippen molar-refractivity contribution < 1.29 is 28.7 Å². The fourth-order valence-corrected chi connectivity index (χ4v) is 11.5. The minimum absolute atomic E-state index is 0.0432. The highest BCUT2D eigenvalue weighted by molar-refractivity contribution is 6.23. The molecule has 308 valence electrons. The van der Waals surface area contributed by atoms with Crippen LogP contribution in [0.25, 0.3) is 0 Å². The molecule has 1 N–H and O–H groups in total. The number of aromatic nitrogens is 1. The van der Waals surface area contributed by atoms with Crippen molar-refractivity contribution in [1.82, 2.24) is 25.0 Å². The highest BCUT2D eigenvalue weighted by atomic mass is 16.5. The lowest BCUT2D eigenvalue weighted by Gasteiger charge is -2.65. The summed E-state index contributed by atoms with van der Waals surface area (Å²) in [5, 5.41) is 11.7. The van der Waals surface area contributed by atoms with Gasteiger partial charge in [0.2, 0.25) is 11.8 Å². The molecular formula is C48H50N6O6. The zero-order chi connectivity index (χ0) is 42.2. The molecule has 12 nitrogen and oxygen atoms in total. The second kappa shape index (κ2) is 14.7. The Morgan fingerprint density at radius 3 is 2.15 bits per heavy atom. The monoisotopic (exact) mass is 806 g/mol. The van der Waals surface area contributed by atoms with Crippen LogP contribution in [0.15, 0.2) is 42.6 Å². The van der Waals surface area contributed by atoms with Gasteiger partial charge in [-0.2, -0.15) is 5.26 Å². The summed E-state index contributed by atoms with van der Waals surface area (Å²) in [5.41, 5.74) is 6.06. The number of carbonyl (C=O) groups is 5. The molecule has 5 heterocycles. The number of piperidine rings is 1. The van der Waals surface area contributed by atoms with E-state index < -0.39 is 23.8 Å². The van der Waals surface area contributed by atoms with Gasteiger partial charge >= 0.3 is 0 Å². The average Bonchev–Trinajstić information content (AvgIpc) is 3.84. The average molecular weight is 807 g/mol. The molecule has 0 spiro atoms. The number of hydrogen-bond acceptors (Lipinski definition) is 9. The van der Waals surface area contributed by atoms with Gasteiger partial charge in [-0.05, 0) is 103 Å². The Balaban J connectivity index is 0.782. The summed E-state index contributed by atoms with van der Waals surface area (Å²) in [5.74, 6) is 6.61. The molecule has 9 rings (SSSR count). The van der Waals surface area contributed by atoms with Crippen molar-refractivity contribution in [3.63, 3.8) is 0 Å². The number of ether oxygens (including phenoxy) is 1. The Morgan fingerprint density at radius 2 is 1.52 bits per heavy atom. The van der Waals surface area contributed by atoms with Gasteiger partial charge in [-0.15, -0.1) is 0 Å². The maximum absolute atomic E-state index is 13.9. The van der Waals surface area contributed by atoms with Crippen molar-refractivity contribution in [3.8, 4) is 23.7 Å². The van der Waals surface area contributed by atoms with Crippen LogP contribution in [-0.2, 0) is 35.6 Å². The van der Waals surface area contributed by atoms with Gasteiger partial charge in [-0.3, -0.25) is 39.1 Å². The van der Waals surface area contributed by atoms with Crippen molar-refractivity contribution in [2.24, 2.45) is 22.7 Å². The molecule has 6 aliphatic rings. The van der Waals surface area contributed by atoms with Crippen molar-refractivity contribution in [2.45, 2.75) is 117 Å². The number of pyridine rings is 1. The normalized spacial score (nSPS) is 26.4. The van der Waals surface area contributed by atoms with Gasteiger partial charge in [0.05, 0.1) is 17.3 Å². The molecule has 2 aliphatic carbocycles. The number of amides is 5. The number of carbonyl (C=O) groups excluding carboxylic acids is 5. The molecule has 3 fully saturated rings. The van der Waals surface area contributed by atoms with Crippen molar-refractivity contribution in [2.75, 3.05) is 6.54 Å². The van der Waals surface area contributed by atoms with Gasteiger partial charge in [-0.1, -0.05) is 46.5 Å². The first-order chi connectivity index (χ1) is 28.7. The second-order valence-electron chi connectivity index (χ2n) is 18.8. The molecule has 2 saturated carbocycles. The third kappa shape index (κ3) is 6.57. The van der Waals surface area contributed by atoms with Crippen molar-refractivity contribution in [1.29, 1.82) is 5.26 Å². The Hall–Kier alpha value is -5.85. The summed E-state index contributed by atoms with van der Waals surface area (Å²) < 4.78 is 6.56. The number of benzene rings is 2. The van der Waals surface area contributed by atoms with Gasteiger partial charge in [-0.25, -0.2) is 4.98 Å². The zero-order valence-corrected chi connectivity index (χ0v) is 34.9. The predicted octanol–water partition coefficient (Wildman–Crippen LogP) is 5.93. The van der Waals surface area contributed by atoms with E-state index in [1.807, 2.05) is 42.2 Å². The minimum Gasteiger partial charge on any atom is -0.488 e. The van der Waals surface area contributed by atoms with Gasteiger partial charge in [0.1, 0.15) is 29.7 Å². The lowest BCUT2D eigenvalue weighted by molar-refractivity contribution is -0.199. The topological polar surface area (TPSA) is 153 Å². The smallest absolute Gasteiger partial charge is 0.262 e. The van der Waals surface area contributed by atoms with E-state index in [9.17, 15) is 29.2 Å². The number of fused-ring (bicyclic) bond motifs is 3. The first-order valence-electron chi connectivity index (χ1n) is 21.3. The lowest BCUT2D eigenvalue weighted by Crippen LogP contribution is -2.74. The lowest BCUT2D eigenvalue weighted by atomic mass is 9.49. The molecule has 1 atom stereocenters. The molecule has 4 aliphatic heterocycles. The molecule has 1 saturated heterocycles. The van der Waals surface area contributed by atoms with Crippen LogP contribution >= 0.6 is 0 Å². The maximum atomic E-state index is 13.9. The Kier molecular flexibility index (Phi) is 9.71. The summed E-state index contributed by atoms with van der Waals surface area (Å²) in [6.45, 7) is 13.5. The number of hydrogen-bond donors (Lipinski definition) is 1. The molecule has 0 radical (unpaired) electrons. The molecule has 0 bridgehead atoms. The third-order valence-corrected chi connectivity index (χ3v) is 14.0. The molecule has 60 heavy (non-hydrogen) atoms. The number of nitrogens with zero attached hydrogens (tertiary/aromatic N) is 5. The zero-order valence-electron chi connectivity index (χ0n) is 34.9. The van der Waals surface area contributed by atoms with Crippen LogP contribution in [0, 0.1) is 45.8 Å². The Bertz CT molecular complexity index is 2420. The predicted molar refractivity (Wildman–Crippen MR) is 220 cm³/mol.